The number of nitrogens with zero attached hydrogens (tertiary/aromatic N) is 1. The highest BCUT2D eigenvalue weighted by atomic mass is 19.1. The molecule has 0 spiro atoms. The lowest BCUT2D eigenvalue weighted by molar-refractivity contribution is -0.136. The van der Waals surface area contributed by atoms with Crippen molar-refractivity contribution in [3.63, 3.8) is 0 Å². The first-order chi connectivity index (χ1) is 15.1. The van der Waals surface area contributed by atoms with Crippen LogP contribution in [0.3, 0.4) is 0 Å². The zero-order valence-corrected chi connectivity index (χ0v) is 18.4. The minimum absolute atomic E-state index is 0.158. The Morgan fingerprint density at radius 3 is 2.68 bits per heavy atom. The zero-order valence-electron chi connectivity index (χ0n) is 18.4. The summed E-state index contributed by atoms with van der Waals surface area (Å²) in [6, 6.07) is 15.3. The molecule has 1 N–H and O–H groups in total. The third-order valence-corrected chi connectivity index (χ3v) is 6.98. The Balaban J connectivity index is 1.49. The molecule has 166 valence electrons. The number of likely N-dealkylation sites (N-methyl/N-ethyl adjacent to an activating group) is 1. The second-order valence-corrected chi connectivity index (χ2v) is 8.91. The van der Waals surface area contributed by atoms with Crippen molar-refractivity contribution in [1.29, 1.82) is 0 Å². The number of carbonyl (C=O) groups excluding carboxylic acids is 1. The van der Waals surface area contributed by atoms with Gasteiger partial charge in [0.2, 0.25) is 5.91 Å². The second-order valence-electron chi connectivity index (χ2n) is 8.91. The maximum absolute atomic E-state index is 13.4. The van der Waals surface area contributed by atoms with Crippen LogP contribution < -0.4 is 5.32 Å². The Labute approximate surface area is 184 Å². The Bertz CT molecular complexity index is 877. The van der Waals surface area contributed by atoms with E-state index < -0.39 is 5.41 Å². The highest BCUT2D eigenvalue weighted by Crippen LogP contribution is 2.36. The van der Waals surface area contributed by atoms with Crippen molar-refractivity contribution in [1.82, 2.24) is 10.2 Å². The molecule has 2 aliphatic heterocycles. The van der Waals surface area contributed by atoms with Crippen molar-refractivity contribution in [3.8, 4) is 11.1 Å². The van der Waals surface area contributed by atoms with E-state index in [0.717, 1.165) is 55.6 Å². The monoisotopic (exact) mass is 424 g/mol. The van der Waals surface area contributed by atoms with E-state index in [4.69, 9.17) is 4.74 Å². The summed E-state index contributed by atoms with van der Waals surface area (Å²) in [5.41, 5.74) is 2.73. The third kappa shape index (κ3) is 5.16. The van der Waals surface area contributed by atoms with Gasteiger partial charge in [-0.3, -0.25) is 9.69 Å². The van der Waals surface area contributed by atoms with Crippen LogP contribution in [0.2, 0.25) is 0 Å². The van der Waals surface area contributed by atoms with E-state index in [-0.39, 0.29) is 11.7 Å². The summed E-state index contributed by atoms with van der Waals surface area (Å²) in [6.07, 6.45) is 4.54. The SMILES string of the molecule is CCN1CCCC1CNC(=O)C1(Cc2cccc(-c3ccc(F)cc3)c2)CCOCC1. The van der Waals surface area contributed by atoms with E-state index >= 15 is 0 Å². The predicted molar refractivity (Wildman–Crippen MR) is 121 cm³/mol. The van der Waals surface area contributed by atoms with E-state index in [1.54, 1.807) is 12.1 Å². The van der Waals surface area contributed by atoms with Gasteiger partial charge in [0.25, 0.3) is 0 Å². The molecule has 0 bridgehead atoms. The number of rotatable bonds is 7. The molecular weight excluding hydrogens is 391 g/mol. The van der Waals surface area contributed by atoms with Crippen LogP contribution in [0.25, 0.3) is 11.1 Å². The van der Waals surface area contributed by atoms with E-state index in [2.05, 4.69) is 29.3 Å². The molecule has 0 saturated carbocycles. The van der Waals surface area contributed by atoms with Crippen LogP contribution in [-0.4, -0.2) is 49.7 Å². The van der Waals surface area contributed by atoms with Crippen LogP contribution in [0, 0.1) is 11.2 Å². The maximum atomic E-state index is 13.4. The molecule has 0 aliphatic carbocycles. The average Bonchev–Trinajstić information content (AvgIpc) is 3.26. The summed E-state index contributed by atoms with van der Waals surface area (Å²) in [4.78, 5) is 15.9. The molecule has 5 heteroatoms. The first-order valence-electron chi connectivity index (χ1n) is 11.5. The molecular formula is C26H33FN2O2. The van der Waals surface area contributed by atoms with Gasteiger partial charge in [-0.1, -0.05) is 43.3 Å². The molecule has 0 radical (unpaired) electrons. The second kappa shape index (κ2) is 9.92. The van der Waals surface area contributed by atoms with Crippen LogP contribution in [0.15, 0.2) is 48.5 Å². The molecule has 31 heavy (non-hydrogen) atoms. The predicted octanol–water partition coefficient (Wildman–Crippen LogP) is 4.43. The molecule has 4 rings (SSSR count). The molecule has 2 saturated heterocycles. The van der Waals surface area contributed by atoms with Crippen molar-refractivity contribution in [2.24, 2.45) is 5.41 Å². The number of amides is 1. The maximum Gasteiger partial charge on any atom is 0.226 e. The van der Waals surface area contributed by atoms with Crippen molar-refractivity contribution >= 4 is 5.91 Å². The van der Waals surface area contributed by atoms with Gasteiger partial charge in [-0.2, -0.15) is 0 Å². The molecule has 1 amide bonds. The van der Waals surface area contributed by atoms with Gasteiger partial charge in [0, 0.05) is 25.8 Å². The molecule has 1 unspecified atom stereocenters. The summed E-state index contributed by atoms with van der Waals surface area (Å²) in [6.45, 7) is 6.33. The fraction of sp³-hybridized carbons (Fsp3) is 0.500. The summed E-state index contributed by atoms with van der Waals surface area (Å²) < 4.78 is 18.9. The number of carbonyl (C=O) groups is 1. The molecule has 4 nitrogen and oxygen atoms in total. The third-order valence-electron chi connectivity index (χ3n) is 6.98. The minimum atomic E-state index is -0.435. The number of ether oxygens (including phenoxy) is 1. The molecule has 2 fully saturated rings. The lowest BCUT2D eigenvalue weighted by Crippen LogP contribution is -2.49. The van der Waals surface area contributed by atoms with Crippen molar-refractivity contribution in [2.45, 2.75) is 45.1 Å². The van der Waals surface area contributed by atoms with Crippen molar-refractivity contribution in [2.75, 3.05) is 32.8 Å². The van der Waals surface area contributed by atoms with Gasteiger partial charge in [0.1, 0.15) is 5.82 Å². The highest BCUT2D eigenvalue weighted by Gasteiger charge is 2.40. The van der Waals surface area contributed by atoms with E-state index in [0.29, 0.717) is 25.7 Å². The smallest absolute Gasteiger partial charge is 0.226 e. The average molecular weight is 425 g/mol. The van der Waals surface area contributed by atoms with Gasteiger partial charge in [0.05, 0.1) is 5.41 Å². The fourth-order valence-corrected chi connectivity index (χ4v) is 5.08. The van der Waals surface area contributed by atoms with Crippen LogP contribution >= 0.6 is 0 Å². The zero-order chi connectivity index (χ0) is 21.7. The molecule has 2 aromatic carbocycles. The Morgan fingerprint density at radius 1 is 1.16 bits per heavy atom. The first-order valence-corrected chi connectivity index (χ1v) is 11.5. The topological polar surface area (TPSA) is 41.6 Å². The summed E-state index contributed by atoms with van der Waals surface area (Å²) in [5.74, 6) is -0.0763. The highest BCUT2D eigenvalue weighted by molar-refractivity contribution is 5.83. The number of hydrogen-bond donors (Lipinski definition) is 1. The molecule has 2 aliphatic rings. The van der Waals surface area contributed by atoms with Gasteiger partial charge in [-0.25, -0.2) is 4.39 Å². The van der Waals surface area contributed by atoms with Crippen LogP contribution in [0.4, 0.5) is 4.39 Å². The number of hydrogen-bond acceptors (Lipinski definition) is 3. The molecule has 0 aromatic heterocycles. The lowest BCUT2D eigenvalue weighted by Gasteiger charge is -2.36. The Hall–Kier alpha value is -2.24. The summed E-state index contributed by atoms with van der Waals surface area (Å²) >= 11 is 0. The van der Waals surface area contributed by atoms with Gasteiger partial charge in [-0.15, -0.1) is 0 Å². The van der Waals surface area contributed by atoms with Gasteiger partial charge >= 0.3 is 0 Å². The number of likely N-dealkylation sites (tertiary alicyclic amines) is 1. The van der Waals surface area contributed by atoms with Crippen molar-refractivity contribution < 1.29 is 13.9 Å². The van der Waals surface area contributed by atoms with Crippen LogP contribution in [0.5, 0.6) is 0 Å². The number of benzene rings is 2. The minimum Gasteiger partial charge on any atom is -0.381 e. The van der Waals surface area contributed by atoms with Crippen molar-refractivity contribution in [3.05, 3.63) is 59.9 Å². The number of halogens is 1. The number of nitrogens with one attached hydrogen (secondary N) is 1. The van der Waals surface area contributed by atoms with E-state index in [1.165, 1.54) is 18.6 Å². The summed E-state index contributed by atoms with van der Waals surface area (Å²) in [7, 11) is 0. The molecule has 2 aromatic rings. The van der Waals surface area contributed by atoms with Crippen LogP contribution in [-0.2, 0) is 16.0 Å². The standard InChI is InChI=1S/C26H33FN2O2/c1-2-29-14-4-7-24(29)19-28-25(30)26(12-15-31-16-13-26)18-20-5-3-6-22(17-20)21-8-10-23(27)11-9-21/h3,5-6,8-11,17,24H,2,4,7,12-16,18-19H2,1H3,(H,28,30). The molecule has 1 atom stereocenters. The quantitative estimate of drug-likeness (QED) is 0.715. The lowest BCUT2D eigenvalue weighted by atomic mass is 9.74. The van der Waals surface area contributed by atoms with Gasteiger partial charge in [-0.05, 0) is 74.0 Å². The molecule has 2 heterocycles. The van der Waals surface area contributed by atoms with E-state index in [1.807, 2.05) is 12.1 Å². The normalized spacial score (nSPS) is 21.2. The fourth-order valence-electron chi connectivity index (χ4n) is 5.08. The van der Waals surface area contributed by atoms with Crippen LogP contribution in [0.1, 0.15) is 38.2 Å². The largest absolute Gasteiger partial charge is 0.381 e. The van der Waals surface area contributed by atoms with Gasteiger partial charge < -0.3 is 10.1 Å². The van der Waals surface area contributed by atoms with Gasteiger partial charge in [0.15, 0.2) is 0 Å². The Morgan fingerprint density at radius 2 is 1.94 bits per heavy atom. The summed E-state index contributed by atoms with van der Waals surface area (Å²) in [5, 5.41) is 3.29. The first kappa shape index (κ1) is 22.0. The van der Waals surface area contributed by atoms with E-state index in [9.17, 15) is 9.18 Å². The Kier molecular flexibility index (Phi) is 7.03.